The standard InChI is InChI=1S/C17H17BrN2O2S/c1-2-22-16(21)12-7-5-8-14(10-12)20-17(23)19-11-13-6-3-4-9-15(13)18/h3-10H,2,11H2,1H3,(H2,19,20,23). The number of carbonyl (C=O) groups excluding carboxylic acids is 1. The minimum Gasteiger partial charge on any atom is -0.462 e. The normalized spacial score (nSPS) is 10.0. The molecule has 0 heterocycles. The molecule has 0 spiro atoms. The lowest BCUT2D eigenvalue weighted by molar-refractivity contribution is 0.0526. The molecule has 0 saturated heterocycles. The van der Waals surface area contributed by atoms with Crippen molar-refractivity contribution in [2.75, 3.05) is 11.9 Å². The van der Waals surface area contributed by atoms with Gasteiger partial charge >= 0.3 is 5.97 Å². The zero-order chi connectivity index (χ0) is 16.7. The summed E-state index contributed by atoms with van der Waals surface area (Å²) in [4.78, 5) is 11.7. The number of thiocarbonyl (C=S) groups is 1. The van der Waals surface area contributed by atoms with Gasteiger partial charge in [0.2, 0.25) is 0 Å². The van der Waals surface area contributed by atoms with E-state index in [2.05, 4.69) is 26.6 Å². The Hall–Kier alpha value is -1.92. The molecule has 0 aliphatic heterocycles. The predicted molar refractivity (Wildman–Crippen MR) is 99.6 cm³/mol. The van der Waals surface area contributed by atoms with Crippen LogP contribution in [0.1, 0.15) is 22.8 Å². The van der Waals surface area contributed by atoms with Crippen LogP contribution in [0.25, 0.3) is 0 Å². The number of esters is 1. The SMILES string of the molecule is CCOC(=O)c1cccc(NC(=S)NCc2ccccc2Br)c1. The summed E-state index contributed by atoms with van der Waals surface area (Å²) < 4.78 is 6.01. The summed E-state index contributed by atoms with van der Waals surface area (Å²) in [7, 11) is 0. The van der Waals surface area contributed by atoms with Crippen molar-refractivity contribution < 1.29 is 9.53 Å². The maximum absolute atomic E-state index is 11.7. The van der Waals surface area contributed by atoms with Crippen molar-refractivity contribution in [3.63, 3.8) is 0 Å². The summed E-state index contributed by atoms with van der Waals surface area (Å²) in [6, 6.07) is 15.0. The number of carbonyl (C=O) groups is 1. The molecule has 0 fully saturated rings. The highest BCUT2D eigenvalue weighted by Crippen LogP contribution is 2.16. The molecule has 0 aliphatic rings. The fourth-order valence-electron chi connectivity index (χ4n) is 1.93. The summed E-state index contributed by atoms with van der Waals surface area (Å²) in [6.07, 6.45) is 0. The van der Waals surface area contributed by atoms with E-state index in [1.165, 1.54) is 0 Å². The lowest BCUT2D eigenvalue weighted by atomic mass is 10.2. The average Bonchev–Trinajstić information content (AvgIpc) is 2.54. The Labute approximate surface area is 149 Å². The van der Waals surface area contributed by atoms with Gasteiger partial charge in [0, 0.05) is 16.7 Å². The largest absolute Gasteiger partial charge is 0.462 e. The van der Waals surface area contributed by atoms with Gasteiger partial charge in [-0.25, -0.2) is 4.79 Å². The van der Waals surface area contributed by atoms with Gasteiger partial charge in [-0.05, 0) is 49.0 Å². The zero-order valence-corrected chi connectivity index (χ0v) is 15.0. The van der Waals surface area contributed by atoms with Crippen molar-refractivity contribution in [2.45, 2.75) is 13.5 Å². The second kappa shape index (κ2) is 8.64. The van der Waals surface area contributed by atoms with Crippen molar-refractivity contribution >= 4 is 44.9 Å². The maximum atomic E-state index is 11.7. The van der Waals surface area contributed by atoms with Gasteiger partial charge in [-0.2, -0.15) is 0 Å². The molecule has 2 rings (SSSR count). The van der Waals surface area contributed by atoms with Crippen molar-refractivity contribution in [1.82, 2.24) is 5.32 Å². The molecule has 4 nitrogen and oxygen atoms in total. The second-order valence-electron chi connectivity index (χ2n) is 4.70. The smallest absolute Gasteiger partial charge is 0.338 e. The first-order valence-electron chi connectivity index (χ1n) is 7.15. The predicted octanol–water partition coefficient (Wildman–Crippen LogP) is 4.11. The molecule has 0 radical (unpaired) electrons. The van der Waals surface area contributed by atoms with E-state index in [9.17, 15) is 4.79 Å². The van der Waals surface area contributed by atoms with E-state index in [4.69, 9.17) is 17.0 Å². The third kappa shape index (κ3) is 5.33. The van der Waals surface area contributed by atoms with Crippen LogP contribution in [0.5, 0.6) is 0 Å². The molecular formula is C17H17BrN2O2S. The van der Waals surface area contributed by atoms with E-state index >= 15 is 0 Å². The van der Waals surface area contributed by atoms with Gasteiger partial charge in [0.25, 0.3) is 0 Å². The Morgan fingerprint density at radius 2 is 2.00 bits per heavy atom. The lowest BCUT2D eigenvalue weighted by Crippen LogP contribution is -2.28. The van der Waals surface area contributed by atoms with Gasteiger partial charge in [-0.1, -0.05) is 40.2 Å². The van der Waals surface area contributed by atoms with E-state index in [0.29, 0.717) is 23.8 Å². The van der Waals surface area contributed by atoms with Gasteiger partial charge in [0.15, 0.2) is 5.11 Å². The minimum atomic E-state index is -0.344. The van der Waals surface area contributed by atoms with Crippen LogP contribution < -0.4 is 10.6 Å². The van der Waals surface area contributed by atoms with Gasteiger partial charge in [-0.15, -0.1) is 0 Å². The monoisotopic (exact) mass is 392 g/mol. The molecule has 23 heavy (non-hydrogen) atoms. The van der Waals surface area contributed by atoms with Crippen LogP contribution in [-0.2, 0) is 11.3 Å². The molecule has 0 unspecified atom stereocenters. The van der Waals surface area contributed by atoms with Crippen molar-refractivity contribution in [2.24, 2.45) is 0 Å². The molecule has 2 N–H and O–H groups in total. The van der Waals surface area contributed by atoms with E-state index in [1.807, 2.05) is 30.3 Å². The Balaban J connectivity index is 1.94. The number of rotatable bonds is 5. The highest BCUT2D eigenvalue weighted by atomic mass is 79.9. The highest BCUT2D eigenvalue weighted by Gasteiger charge is 2.07. The molecule has 2 aromatic carbocycles. The zero-order valence-electron chi connectivity index (χ0n) is 12.6. The number of anilines is 1. The first-order valence-corrected chi connectivity index (χ1v) is 8.35. The Morgan fingerprint density at radius 1 is 1.22 bits per heavy atom. The third-order valence-corrected chi connectivity index (χ3v) is 4.05. The number of hydrogen-bond donors (Lipinski definition) is 2. The molecule has 6 heteroatoms. The number of benzene rings is 2. The Kier molecular flexibility index (Phi) is 6.55. The fourth-order valence-corrected chi connectivity index (χ4v) is 2.55. The minimum absolute atomic E-state index is 0.344. The van der Waals surface area contributed by atoms with Crippen molar-refractivity contribution in [1.29, 1.82) is 0 Å². The topological polar surface area (TPSA) is 50.4 Å². The maximum Gasteiger partial charge on any atom is 0.338 e. The summed E-state index contributed by atoms with van der Waals surface area (Å²) >= 11 is 8.78. The second-order valence-corrected chi connectivity index (χ2v) is 5.96. The molecule has 0 bridgehead atoms. The summed E-state index contributed by atoms with van der Waals surface area (Å²) in [5.74, 6) is -0.344. The van der Waals surface area contributed by atoms with E-state index in [-0.39, 0.29) is 5.97 Å². The first-order chi connectivity index (χ1) is 11.1. The highest BCUT2D eigenvalue weighted by molar-refractivity contribution is 9.10. The van der Waals surface area contributed by atoms with Gasteiger partial charge in [-0.3, -0.25) is 0 Å². The van der Waals surface area contributed by atoms with Crippen molar-refractivity contribution in [3.8, 4) is 0 Å². The summed E-state index contributed by atoms with van der Waals surface area (Å²) in [5.41, 5.74) is 2.34. The lowest BCUT2D eigenvalue weighted by Gasteiger charge is -2.12. The molecule has 2 aromatic rings. The fraction of sp³-hybridized carbons (Fsp3) is 0.176. The first kappa shape index (κ1) is 17.4. The van der Waals surface area contributed by atoms with E-state index in [1.54, 1.807) is 25.1 Å². The van der Waals surface area contributed by atoms with Crippen LogP contribution in [-0.4, -0.2) is 17.7 Å². The summed E-state index contributed by atoms with van der Waals surface area (Å²) in [6.45, 7) is 2.73. The molecular weight excluding hydrogens is 376 g/mol. The number of hydrogen-bond acceptors (Lipinski definition) is 3. The van der Waals surface area contributed by atoms with Gasteiger partial charge in [0.1, 0.15) is 0 Å². The van der Waals surface area contributed by atoms with Crippen LogP contribution in [0.3, 0.4) is 0 Å². The van der Waals surface area contributed by atoms with Crippen LogP contribution >= 0.6 is 28.1 Å². The van der Waals surface area contributed by atoms with Crippen LogP contribution in [0.15, 0.2) is 53.0 Å². The number of ether oxygens (including phenoxy) is 1. The van der Waals surface area contributed by atoms with E-state index < -0.39 is 0 Å². The molecule has 0 aliphatic carbocycles. The Bertz CT molecular complexity index is 706. The average molecular weight is 393 g/mol. The molecule has 120 valence electrons. The van der Waals surface area contributed by atoms with E-state index in [0.717, 1.165) is 15.7 Å². The van der Waals surface area contributed by atoms with Crippen molar-refractivity contribution in [3.05, 3.63) is 64.1 Å². The van der Waals surface area contributed by atoms with Crippen LogP contribution in [0, 0.1) is 0 Å². The van der Waals surface area contributed by atoms with Gasteiger partial charge < -0.3 is 15.4 Å². The molecule has 0 atom stereocenters. The Morgan fingerprint density at radius 3 is 2.74 bits per heavy atom. The molecule has 0 aromatic heterocycles. The van der Waals surface area contributed by atoms with Gasteiger partial charge in [0.05, 0.1) is 12.2 Å². The molecule has 0 saturated carbocycles. The van der Waals surface area contributed by atoms with Crippen LogP contribution in [0.2, 0.25) is 0 Å². The number of halogens is 1. The number of nitrogens with one attached hydrogen (secondary N) is 2. The summed E-state index contributed by atoms with van der Waals surface area (Å²) in [5, 5.41) is 6.69. The quantitative estimate of drug-likeness (QED) is 0.592. The van der Waals surface area contributed by atoms with Crippen LogP contribution in [0.4, 0.5) is 5.69 Å². The molecule has 0 amide bonds. The third-order valence-electron chi connectivity index (χ3n) is 3.03.